The highest BCUT2D eigenvalue weighted by atomic mass is 79.9. The standard InChI is InChI=1S/C22H34BrN3O3S/c1-18-7-13-25(14-8-18)12-2-11-24-22(27)20-9-15-26(16-10-20)30(28,29)17-19-3-5-21(23)6-4-19/h3-6,18,20H,2,7-17H2,1H3,(H,24,27). The van der Waals surface area contributed by atoms with Gasteiger partial charge in [0.15, 0.2) is 0 Å². The number of carbonyl (C=O) groups is 1. The summed E-state index contributed by atoms with van der Waals surface area (Å²) in [5.74, 6) is 0.838. The molecule has 8 heteroatoms. The molecule has 0 saturated carbocycles. The van der Waals surface area contributed by atoms with Gasteiger partial charge in [-0.25, -0.2) is 12.7 Å². The molecule has 0 radical (unpaired) electrons. The fourth-order valence-electron chi connectivity index (χ4n) is 4.22. The predicted molar refractivity (Wildman–Crippen MR) is 124 cm³/mol. The summed E-state index contributed by atoms with van der Waals surface area (Å²) in [6, 6.07) is 7.36. The Hall–Kier alpha value is -0.960. The number of benzene rings is 1. The van der Waals surface area contributed by atoms with Crippen molar-refractivity contribution >= 4 is 31.9 Å². The van der Waals surface area contributed by atoms with E-state index in [9.17, 15) is 13.2 Å². The molecular weight excluding hydrogens is 466 g/mol. The highest BCUT2D eigenvalue weighted by molar-refractivity contribution is 9.10. The smallest absolute Gasteiger partial charge is 0.223 e. The van der Waals surface area contributed by atoms with Gasteiger partial charge < -0.3 is 10.2 Å². The summed E-state index contributed by atoms with van der Waals surface area (Å²) in [5, 5.41) is 3.06. The van der Waals surface area contributed by atoms with Crippen LogP contribution in [0.2, 0.25) is 0 Å². The lowest BCUT2D eigenvalue weighted by atomic mass is 9.97. The van der Waals surface area contributed by atoms with E-state index in [1.807, 2.05) is 24.3 Å². The normalized spacial score (nSPS) is 20.3. The molecule has 0 aliphatic carbocycles. The van der Waals surface area contributed by atoms with Crippen LogP contribution < -0.4 is 5.32 Å². The zero-order valence-electron chi connectivity index (χ0n) is 17.9. The topological polar surface area (TPSA) is 69.7 Å². The number of nitrogens with one attached hydrogen (secondary N) is 1. The van der Waals surface area contributed by atoms with Crippen molar-refractivity contribution < 1.29 is 13.2 Å². The maximum absolute atomic E-state index is 12.7. The van der Waals surface area contributed by atoms with Gasteiger partial charge in [0.05, 0.1) is 5.75 Å². The first-order valence-electron chi connectivity index (χ1n) is 11.1. The summed E-state index contributed by atoms with van der Waals surface area (Å²) in [5.41, 5.74) is 0.779. The molecule has 1 N–H and O–H groups in total. The van der Waals surface area contributed by atoms with Gasteiger partial charge in [0.25, 0.3) is 0 Å². The van der Waals surface area contributed by atoms with Crippen LogP contribution in [-0.2, 0) is 20.6 Å². The molecule has 3 rings (SSSR count). The Bertz CT molecular complexity index is 784. The molecule has 1 aromatic rings. The van der Waals surface area contributed by atoms with Gasteiger partial charge in [0.1, 0.15) is 0 Å². The van der Waals surface area contributed by atoms with Crippen LogP contribution in [0.5, 0.6) is 0 Å². The maximum Gasteiger partial charge on any atom is 0.223 e. The van der Waals surface area contributed by atoms with Gasteiger partial charge in [0.2, 0.25) is 15.9 Å². The maximum atomic E-state index is 12.7. The molecule has 0 aromatic heterocycles. The van der Waals surface area contributed by atoms with Gasteiger partial charge in [-0.2, -0.15) is 0 Å². The van der Waals surface area contributed by atoms with Crippen molar-refractivity contribution in [1.82, 2.24) is 14.5 Å². The number of carbonyl (C=O) groups excluding carboxylic acids is 1. The number of halogens is 1. The Morgan fingerprint density at radius 3 is 2.33 bits per heavy atom. The molecule has 0 spiro atoms. The van der Waals surface area contributed by atoms with E-state index in [2.05, 4.69) is 33.1 Å². The van der Waals surface area contributed by atoms with Crippen molar-refractivity contribution in [2.24, 2.45) is 11.8 Å². The molecule has 0 bridgehead atoms. The molecule has 2 aliphatic heterocycles. The molecule has 0 unspecified atom stereocenters. The molecule has 2 heterocycles. The molecule has 1 aromatic carbocycles. The van der Waals surface area contributed by atoms with Crippen molar-refractivity contribution in [3.63, 3.8) is 0 Å². The zero-order chi connectivity index (χ0) is 21.6. The third kappa shape index (κ3) is 7.04. The van der Waals surface area contributed by atoms with Gasteiger partial charge in [-0.15, -0.1) is 0 Å². The van der Waals surface area contributed by atoms with Crippen LogP contribution in [0, 0.1) is 11.8 Å². The highest BCUT2D eigenvalue weighted by Crippen LogP contribution is 2.22. The predicted octanol–water partition coefficient (Wildman–Crippen LogP) is 3.23. The highest BCUT2D eigenvalue weighted by Gasteiger charge is 2.31. The SMILES string of the molecule is CC1CCN(CCCNC(=O)C2CCN(S(=O)(=O)Cc3ccc(Br)cc3)CC2)CC1. The second-order valence-corrected chi connectivity index (χ2v) is 11.6. The van der Waals surface area contributed by atoms with E-state index >= 15 is 0 Å². The lowest BCUT2D eigenvalue weighted by Gasteiger charge is -2.31. The minimum Gasteiger partial charge on any atom is -0.356 e. The fourth-order valence-corrected chi connectivity index (χ4v) is 6.05. The Balaban J connectivity index is 1.36. The Kier molecular flexibility index (Phi) is 8.74. The minimum absolute atomic E-state index is 0.00637. The number of piperidine rings is 2. The molecule has 1 amide bonds. The summed E-state index contributed by atoms with van der Waals surface area (Å²) in [6.07, 6.45) is 4.71. The van der Waals surface area contributed by atoms with E-state index in [-0.39, 0.29) is 17.6 Å². The van der Waals surface area contributed by atoms with Crippen molar-refractivity contribution in [2.45, 2.75) is 44.8 Å². The Morgan fingerprint density at radius 2 is 1.70 bits per heavy atom. The number of rotatable bonds is 8. The molecule has 168 valence electrons. The van der Waals surface area contributed by atoms with Crippen molar-refractivity contribution in [3.05, 3.63) is 34.3 Å². The molecule has 6 nitrogen and oxygen atoms in total. The molecule has 2 fully saturated rings. The first kappa shape index (κ1) is 23.7. The lowest BCUT2D eigenvalue weighted by Crippen LogP contribution is -2.43. The van der Waals surface area contributed by atoms with Crippen LogP contribution in [0.25, 0.3) is 0 Å². The van der Waals surface area contributed by atoms with Crippen LogP contribution in [0.4, 0.5) is 0 Å². The first-order valence-corrected chi connectivity index (χ1v) is 13.5. The van der Waals surface area contributed by atoms with E-state index < -0.39 is 10.0 Å². The molecule has 0 atom stereocenters. The summed E-state index contributed by atoms with van der Waals surface area (Å²) >= 11 is 3.37. The van der Waals surface area contributed by atoms with Crippen molar-refractivity contribution in [3.8, 4) is 0 Å². The average Bonchev–Trinajstić information content (AvgIpc) is 2.74. The van der Waals surface area contributed by atoms with Gasteiger partial charge in [-0.3, -0.25) is 4.79 Å². The van der Waals surface area contributed by atoms with Gasteiger partial charge in [-0.1, -0.05) is 35.0 Å². The van der Waals surface area contributed by atoms with Gasteiger partial charge >= 0.3 is 0 Å². The van der Waals surface area contributed by atoms with Crippen LogP contribution >= 0.6 is 15.9 Å². The number of hydrogen-bond acceptors (Lipinski definition) is 4. The Morgan fingerprint density at radius 1 is 1.07 bits per heavy atom. The zero-order valence-corrected chi connectivity index (χ0v) is 20.3. The second kappa shape index (κ2) is 11.1. The number of nitrogens with zero attached hydrogens (tertiary/aromatic N) is 2. The monoisotopic (exact) mass is 499 g/mol. The molecule has 2 aliphatic rings. The first-order chi connectivity index (χ1) is 14.3. The molecule has 30 heavy (non-hydrogen) atoms. The minimum atomic E-state index is -3.35. The summed E-state index contributed by atoms with van der Waals surface area (Å²) in [6.45, 7) is 7.23. The molecule has 2 saturated heterocycles. The number of hydrogen-bond donors (Lipinski definition) is 1. The van der Waals surface area contributed by atoms with Crippen molar-refractivity contribution in [2.75, 3.05) is 39.3 Å². The van der Waals surface area contributed by atoms with E-state index in [1.165, 1.54) is 30.2 Å². The summed E-state index contributed by atoms with van der Waals surface area (Å²) in [7, 11) is -3.35. The number of amides is 1. The quantitative estimate of drug-likeness (QED) is 0.557. The van der Waals surface area contributed by atoms with Crippen LogP contribution in [0.15, 0.2) is 28.7 Å². The van der Waals surface area contributed by atoms with Gasteiger partial charge in [0, 0.05) is 30.0 Å². The summed E-state index contributed by atoms with van der Waals surface area (Å²) < 4.78 is 27.9. The average molecular weight is 501 g/mol. The number of sulfonamides is 1. The van der Waals surface area contributed by atoms with Crippen LogP contribution in [0.3, 0.4) is 0 Å². The largest absolute Gasteiger partial charge is 0.356 e. The van der Waals surface area contributed by atoms with Crippen molar-refractivity contribution in [1.29, 1.82) is 0 Å². The Labute approximate surface area is 189 Å². The second-order valence-electron chi connectivity index (χ2n) is 8.72. The van der Waals surface area contributed by atoms with E-state index in [0.29, 0.717) is 32.5 Å². The lowest BCUT2D eigenvalue weighted by molar-refractivity contribution is -0.126. The third-order valence-electron chi connectivity index (χ3n) is 6.31. The van der Waals surface area contributed by atoms with E-state index in [1.54, 1.807) is 0 Å². The van der Waals surface area contributed by atoms with Gasteiger partial charge in [-0.05, 0) is 75.4 Å². The molecular formula is C22H34BrN3O3S. The number of likely N-dealkylation sites (tertiary alicyclic amines) is 1. The van der Waals surface area contributed by atoms with Crippen LogP contribution in [0.1, 0.15) is 44.6 Å². The summed E-state index contributed by atoms with van der Waals surface area (Å²) in [4.78, 5) is 15.0. The third-order valence-corrected chi connectivity index (χ3v) is 8.69. The van der Waals surface area contributed by atoms with E-state index in [4.69, 9.17) is 0 Å². The fraction of sp³-hybridized carbons (Fsp3) is 0.682. The van der Waals surface area contributed by atoms with E-state index in [0.717, 1.165) is 28.9 Å². The van der Waals surface area contributed by atoms with Crippen LogP contribution in [-0.4, -0.2) is 62.8 Å².